The number of carbonyl (C=O) groups is 1. The van der Waals surface area contributed by atoms with E-state index >= 15 is 0 Å². The first-order valence-corrected chi connectivity index (χ1v) is 6.63. The lowest BCUT2D eigenvalue weighted by atomic mass is 10.2. The molecule has 0 radical (unpaired) electrons. The third-order valence-corrected chi connectivity index (χ3v) is 3.10. The average molecular weight is 350 g/mol. The van der Waals surface area contributed by atoms with Gasteiger partial charge < -0.3 is 9.63 Å². The van der Waals surface area contributed by atoms with Gasteiger partial charge in [0.05, 0.1) is 6.20 Å². The number of carboxylic acid groups (broad SMARTS) is 1. The standard InChI is InChI=1S/C12H8BrN5O3/c13-8-3-1-2-7(4-8)11-14-10(21-16-11)6-18-5-9(12(19)20)15-17-18/h1-5H,6H2,(H,19,20). The first-order valence-electron chi connectivity index (χ1n) is 5.84. The Balaban J connectivity index is 1.80. The van der Waals surface area contributed by atoms with E-state index in [0.717, 1.165) is 10.0 Å². The highest BCUT2D eigenvalue weighted by Gasteiger charge is 2.12. The molecule has 106 valence electrons. The smallest absolute Gasteiger partial charge is 0.358 e. The van der Waals surface area contributed by atoms with Crippen molar-refractivity contribution < 1.29 is 14.4 Å². The quantitative estimate of drug-likeness (QED) is 0.765. The summed E-state index contributed by atoms with van der Waals surface area (Å²) >= 11 is 3.37. The Morgan fingerprint density at radius 1 is 1.43 bits per heavy atom. The minimum absolute atomic E-state index is 0.137. The first-order chi connectivity index (χ1) is 10.1. The van der Waals surface area contributed by atoms with Crippen LogP contribution in [0, 0.1) is 0 Å². The minimum Gasteiger partial charge on any atom is -0.476 e. The molecule has 0 atom stereocenters. The third-order valence-electron chi connectivity index (χ3n) is 2.61. The summed E-state index contributed by atoms with van der Waals surface area (Å²) in [4.78, 5) is 15.0. The number of benzene rings is 1. The lowest BCUT2D eigenvalue weighted by Gasteiger charge is -1.94. The molecule has 1 N–H and O–H groups in total. The van der Waals surface area contributed by atoms with Gasteiger partial charge in [-0.2, -0.15) is 4.98 Å². The lowest BCUT2D eigenvalue weighted by molar-refractivity contribution is 0.0690. The van der Waals surface area contributed by atoms with Crippen LogP contribution in [0.1, 0.15) is 16.4 Å². The van der Waals surface area contributed by atoms with Crippen LogP contribution in [-0.4, -0.2) is 36.2 Å². The molecule has 9 heteroatoms. The monoisotopic (exact) mass is 349 g/mol. The topological polar surface area (TPSA) is 107 Å². The summed E-state index contributed by atoms with van der Waals surface area (Å²) in [5.74, 6) is -0.377. The molecule has 0 amide bonds. The highest BCUT2D eigenvalue weighted by Crippen LogP contribution is 2.20. The summed E-state index contributed by atoms with van der Waals surface area (Å²) in [5, 5.41) is 19.8. The number of hydrogen-bond acceptors (Lipinski definition) is 6. The van der Waals surface area contributed by atoms with Gasteiger partial charge in [-0.15, -0.1) is 5.10 Å². The second kappa shape index (κ2) is 5.44. The zero-order valence-electron chi connectivity index (χ0n) is 10.5. The molecule has 0 spiro atoms. The van der Waals surface area contributed by atoms with Gasteiger partial charge in [-0.05, 0) is 12.1 Å². The Labute approximate surface area is 126 Å². The number of carboxylic acids is 1. The third kappa shape index (κ3) is 2.97. The molecule has 0 saturated heterocycles. The van der Waals surface area contributed by atoms with Crippen molar-refractivity contribution >= 4 is 21.9 Å². The van der Waals surface area contributed by atoms with Crippen molar-refractivity contribution in [3.63, 3.8) is 0 Å². The van der Waals surface area contributed by atoms with Crippen LogP contribution < -0.4 is 0 Å². The van der Waals surface area contributed by atoms with Crippen molar-refractivity contribution in [3.05, 3.63) is 46.5 Å². The molecule has 2 heterocycles. The molecule has 0 unspecified atom stereocenters. The summed E-state index contributed by atoms with van der Waals surface area (Å²) in [6.07, 6.45) is 1.30. The predicted molar refractivity (Wildman–Crippen MR) is 73.5 cm³/mol. The van der Waals surface area contributed by atoms with Crippen molar-refractivity contribution in [3.8, 4) is 11.4 Å². The van der Waals surface area contributed by atoms with Crippen LogP contribution in [0.25, 0.3) is 11.4 Å². The Kier molecular flexibility index (Phi) is 3.48. The lowest BCUT2D eigenvalue weighted by Crippen LogP contribution is -2.01. The van der Waals surface area contributed by atoms with E-state index in [2.05, 4.69) is 36.4 Å². The fraction of sp³-hybridized carbons (Fsp3) is 0.0833. The van der Waals surface area contributed by atoms with E-state index in [0.29, 0.717) is 11.7 Å². The number of halogens is 1. The Bertz CT molecular complexity index is 798. The van der Waals surface area contributed by atoms with Gasteiger partial charge in [-0.1, -0.05) is 38.4 Å². The fourth-order valence-electron chi connectivity index (χ4n) is 1.68. The van der Waals surface area contributed by atoms with Gasteiger partial charge in [0.15, 0.2) is 5.69 Å². The Morgan fingerprint density at radius 3 is 3.00 bits per heavy atom. The molecule has 8 nitrogen and oxygen atoms in total. The second-order valence-corrected chi connectivity index (χ2v) is 5.04. The van der Waals surface area contributed by atoms with Gasteiger partial charge in [0.1, 0.15) is 6.54 Å². The van der Waals surface area contributed by atoms with Gasteiger partial charge in [0.2, 0.25) is 11.7 Å². The Morgan fingerprint density at radius 2 is 2.29 bits per heavy atom. The van der Waals surface area contributed by atoms with Crippen molar-refractivity contribution in [1.82, 2.24) is 25.1 Å². The fourth-order valence-corrected chi connectivity index (χ4v) is 2.08. The number of hydrogen-bond donors (Lipinski definition) is 1. The molecule has 21 heavy (non-hydrogen) atoms. The molecule has 0 aliphatic rings. The Hall–Kier alpha value is -2.55. The molecular weight excluding hydrogens is 342 g/mol. The van der Waals surface area contributed by atoms with E-state index in [4.69, 9.17) is 9.63 Å². The summed E-state index contributed by atoms with van der Waals surface area (Å²) in [5.41, 5.74) is 0.672. The van der Waals surface area contributed by atoms with E-state index in [9.17, 15) is 4.79 Å². The molecule has 3 rings (SSSR count). The molecule has 0 aliphatic heterocycles. The normalized spacial score (nSPS) is 10.7. The molecule has 0 aliphatic carbocycles. The predicted octanol–water partition coefficient (Wildman–Crippen LogP) is 1.84. The summed E-state index contributed by atoms with van der Waals surface area (Å²) in [6.45, 7) is 0.154. The van der Waals surface area contributed by atoms with Crippen LogP contribution in [0.15, 0.2) is 39.5 Å². The molecule has 3 aromatic rings. The molecule has 0 fully saturated rings. The van der Waals surface area contributed by atoms with Crippen LogP contribution in [0.3, 0.4) is 0 Å². The zero-order chi connectivity index (χ0) is 14.8. The van der Waals surface area contributed by atoms with E-state index in [1.54, 1.807) is 0 Å². The van der Waals surface area contributed by atoms with Gasteiger partial charge in [-0.3, -0.25) is 0 Å². The molecule has 1 aromatic carbocycles. The van der Waals surface area contributed by atoms with Crippen molar-refractivity contribution in [1.29, 1.82) is 0 Å². The molecule has 2 aromatic heterocycles. The van der Waals surface area contributed by atoms with Crippen LogP contribution in [0.4, 0.5) is 0 Å². The SMILES string of the molecule is O=C(O)c1cn(Cc2nc(-c3cccc(Br)c3)no2)nn1. The number of aromatic nitrogens is 5. The van der Waals surface area contributed by atoms with Gasteiger partial charge >= 0.3 is 5.97 Å². The van der Waals surface area contributed by atoms with Gasteiger partial charge in [0.25, 0.3) is 0 Å². The zero-order valence-corrected chi connectivity index (χ0v) is 12.1. The number of nitrogens with zero attached hydrogens (tertiary/aromatic N) is 5. The maximum atomic E-state index is 10.7. The van der Waals surface area contributed by atoms with Gasteiger partial charge in [0, 0.05) is 10.0 Å². The summed E-state index contributed by atoms with van der Waals surface area (Å²) < 4.78 is 7.35. The second-order valence-electron chi connectivity index (χ2n) is 4.13. The van der Waals surface area contributed by atoms with Crippen LogP contribution in [0.5, 0.6) is 0 Å². The van der Waals surface area contributed by atoms with Crippen molar-refractivity contribution in [2.24, 2.45) is 0 Å². The van der Waals surface area contributed by atoms with Crippen molar-refractivity contribution in [2.45, 2.75) is 6.54 Å². The van der Waals surface area contributed by atoms with Crippen LogP contribution in [-0.2, 0) is 6.54 Å². The molecule has 0 saturated carbocycles. The van der Waals surface area contributed by atoms with Crippen molar-refractivity contribution in [2.75, 3.05) is 0 Å². The highest BCUT2D eigenvalue weighted by molar-refractivity contribution is 9.10. The maximum absolute atomic E-state index is 10.7. The van der Waals surface area contributed by atoms with Gasteiger partial charge in [-0.25, -0.2) is 9.48 Å². The van der Waals surface area contributed by atoms with E-state index in [1.165, 1.54) is 10.9 Å². The summed E-state index contributed by atoms with van der Waals surface area (Å²) in [6, 6.07) is 7.49. The largest absolute Gasteiger partial charge is 0.476 e. The number of rotatable bonds is 4. The van der Waals surface area contributed by atoms with E-state index in [-0.39, 0.29) is 12.2 Å². The number of aromatic carboxylic acids is 1. The minimum atomic E-state index is -1.14. The molecule has 0 bridgehead atoms. The highest BCUT2D eigenvalue weighted by atomic mass is 79.9. The first kappa shape index (κ1) is 13.4. The van der Waals surface area contributed by atoms with Crippen LogP contribution >= 0.6 is 15.9 Å². The summed E-state index contributed by atoms with van der Waals surface area (Å²) in [7, 11) is 0. The van der Waals surface area contributed by atoms with E-state index < -0.39 is 5.97 Å². The molecular formula is C12H8BrN5O3. The van der Waals surface area contributed by atoms with Crippen LogP contribution in [0.2, 0.25) is 0 Å². The average Bonchev–Trinajstić information content (AvgIpc) is 3.08. The van der Waals surface area contributed by atoms with E-state index in [1.807, 2.05) is 24.3 Å². The maximum Gasteiger partial charge on any atom is 0.358 e.